The van der Waals surface area contributed by atoms with Crippen molar-refractivity contribution in [3.63, 3.8) is 0 Å². The number of hydrogen-bond acceptors (Lipinski definition) is 1. The first-order chi connectivity index (χ1) is 9.29. The SMILES string of the molecule is CC[C@@H](Cc1ccccc1)NC(=O)c1ccccc1. The molecule has 98 valence electrons. The molecule has 0 unspecified atom stereocenters. The first-order valence-electron chi connectivity index (χ1n) is 6.69. The molecule has 2 aromatic rings. The zero-order valence-corrected chi connectivity index (χ0v) is 11.2. The van der Waals surface area contributed by atoms with Crippen LogP contribution in [0.1, 0.15) is 29.3 Å². The van der Waals surface area contributed by atoms with Crippen molar-refractivity contribution in [1.82, 2.24) is 5.32 Å². The molecule has 2 rings (SSSR count). The van der Waals surface area contributed by atoms with E-state index < -0.39 is 0 Å². The van der Waals surface area contributed by atoms with Gasteiger partial charge < -0.3 is 5.32 Å². The first kappa shape index (κ1) is 13.3. The molecule has 2 nitrogen and oxygen atoms in total. The van der Waals surface area contributed by atoms with Gasteiger partial charge in [0.05, 0.1) is 0 Å². The predicted molar refractivity (Wildman–Crippen MR) is 78.1 cm³/mol. The molecule has 1 N–H and O–H groups in total. The maximum Gasteiger partial charge on any atom is 0.251 e. The average molecular weight is 253 g/mol. The van der Waals surface area contributed by atoms with Crippen LogP contribution >= 0.6 is 0 Å². The Morgan fingerprint density at radius 2 is 1.58 bits per heavy atom. The third-order valence-electron chi connectivity index (χ3n) is 3.19. The van der Waals surface area contributed by atoms with Crippen molar-refractivity contribution in [3.8, 4) is 0 Å². The van der Waals surface area contributed by atoms with Gasteiger partial charge in [0.1, 0.15) is 0 Å². The highest BCUT2D eigenvalue weighted by Crippen LogP contribution is 2.07. The molecule has 0 heterocycles. The van der Waals surface area contributed by atoms with Crippen LogP contribution in [-0.4, -0.2) is 11.9 Å². The number of benzene rings is 2. The monoisotopic (exact) mass is 253 g/mol. The Kier molecular flexibility index (Phi) is 4.73. The van der Waals surface area contributed by atoms with E-state index in [-0.39, 0.29) is 11.9 Å². The Balaban J connectivity index is 1.98. The highest BCUT2D eigenvalue weighted by Gasteiger charge is 2.12. The second-order valence-electron chi connectivity index (χ2n) is 4.63. The minimum absolute atomic E-state index is 0.00313. The zero-order valence-electron chi connectivity index (χ0n) is 11.2. The molecule has 0 aliphatic carbocycles. The van der Waals surface area contributed by atoms with Crippen molar-refractivity contribution in [2.24, 2.45) is 0 Å². The fourth-order valence-electron chi connectivity index (χ4n) is 2.05. The smallest absolute Gasteiger partial charge is 0.251 e. The van der Waals surface area contributed by atoms with Gasteiger partial charge in [-0.2, -0.15) is 0 Å². The Labute approximate surface area is 114 Å². The number of carbonyl (C=O) groups is 1. The lowest BCUT2D eigenvalue weighted by molar-refractivity contribution is 0.0936. The summed E-state index contributed by atoms with van der Waals surface area (Å²) >= 11 is 0. The maximum absolute atomic E-state index is 12.1. The number of amides is 1. The van der Waals surface area contributed by atoms with Crippen molar-refractivity contribution < 1.29 is 4.79 Å². The van der Waals surface area contributed by atoms with Gasteiger partial charge in [-0.3, -0.25) is 4.79 Å². The Morgan fingerprint density at radius 1 is 1.00 bits per heavy atom. The van der Waals surface area contributed by atoms with Crippen molar-refractivity contribution in [2.75, 3.05) is 0 Å². The second-order valence-corrected chi connectivity index (χ2v) is 4.63. The lowest BCUT2D eigenvalue weighted by atomic mass is 10.0. The fraction of sp³-hybridized carbons (Fsp3) is 0.235. The van der Waals surface area contributed by atoms with Gasteiger partial charge >= 0.3 is 0 Å². The fourth-order valence-corrected chi connectivity index (χ4v) is 2.05. The highest BCUT2D eigenvalue weighted by atomic mass is 16.1. The standard InChI is InChI=1S/C17H19NO/c1-2-16(13-14-9-5-3-6-10-14)18-17(19)15-11-7-4-8-12-15/h3-12,16H,2,13H2,1H3,(H,18,19)/t16-/m0/s1. The van der Waals surface area contributed by atoms with E-state index in [1.54, 1.807) is 0 Å². The van der Waals surface area contributed by atoms with Gasteiger partial charge in [0.2, 0.25) is 0 Å². The van der Waals surface area contributed by atoms with Crippen LogP contribution in [-0.2, 0) is 6.42 Å². The van der Waals surface area contributed by atoms with Crippen molar-refractivity contribution in [2.45, 2.75) is 25.8 Å². The third kappa shape index (κ3) is 3.95. The van der Waals surface area contributed by atoms with E-state index >= 15 is 0 Å². The van der Waals surface area contributed by atoms with Crippen LogP contribution < -0.4 is 5.32 Å². The van der Waals surface area contributed by atoms with Gasteiger partial charge in [0.15, 0.2) is 0 Å². The van der Waals surface area contributed by atoms with Crippen molar-refractivity contribution in [1.29, 1.82) is 0 Å². The lowest BCUT2D eigenvalue weighted by Gasteiger charge is -2.17. The number of carbonyl (C=O) groups excluding carboxylic acids is 1. The van der Waals surface area contributed by atoms with Crippen LogP contribution in [0.5, 0.6) is 0 Å². The highest BCUT2D eigenvalue weighted by molar-refractivity contribution is 5.94. The summed E-state index contributed by atoms with van der Waals surface area (Å²) in [6.07, 6.45) is 1.80. The molecule has 0 aliphatic rings. The molecule has 1 atom stereocenters. The van der Waals surface area contributed by atoms with Gasteiger partial charge in [0.25, 0.3) is 5.91 Å². The van der Waals surface area contributed by atoms with Crippen LogP contribution in [0.25, 0.3) is 0 Å². The molecule has 0 saturated heterocycles. The van der Waals surface area contributed by atoms with Crippen molar-refractivity contribution >= 4 is 5.91 Å². The van der Waals surface area contributed by atoms with Gasteiger partial charge in [-0.25, -0.2) is 0 Å². The van der Waals surface area contributed by atoms with Gasteiger partial charge in [0, 0.05) is 11.6 Å². The largest absolute Gasteiger partial charge is 0.349 e. The Bertz CT molecular complexity index is 507. The molecule has 0 aliphatic heterocycles. The van der Waals surface area contributed by atoms with E-state index in [0.29, 0.717) is 5.56 Å². The molecular weight excluding hydrogens is 234 g/mol. The summed E-state index contributed by atoms with van der Waals surface area (Å²) in [6, 6.07) is 19.8. The van der Waals surface area contributed by atoms with E-state index in [0.717, 1.165) is 12.8 Å². The van der Waals surface area contributed by atoms with Crippen molar-refractivity contribution in [3.05, 3.63) is 71.8 Å². The summed E-state index contributed by atoms with van der Waals surface area (Å²) in [5.74, 6) is 0.00313. The molecule has 0 spiro atoms. The minimum Gasteiger partial charge on any atom is -0.349 e. The molecule has 2 aromatic carbocycles. The minimum atomic E-state index is 0.00313. The predicted octanol–water partition coefficient (Wildman–Crippen LogP) is 3.44. The van der Waals surface area contributed by atoms with Gasteiger partial charge in [-0.1, -0.05) is 55.5 Å². The van der Waals surface area contributed by atoms with E-state index in [2.05, 4.69) is 24.4 Å². The molecule has 2 heteroatoms. The Morgan fingerprint density at radius 3 is 2.16 bits per heavy atom. The zero-order chi connectivity index (χ0) is 13.5. The summed E-state index contributed by atoms with van der Waals surface area (Å²) in [7, 11) is 0. The molecular formula is C17H19NO. The van der Waals surface area contributed by atoms with Gasteiger partial charge in [-0.05, 0) is 30.5 Å². The van der Waals surface area contributed by atoms with E-state index in [9.17, 15) is 4.79 Å². The summed E-state index contributed by atoms with van der Waals surface area (Å²) in [5.41, 5.74) is 1.97. The maximum atomic E-state index is 12.1. The lowest BCUT2D eigenvalue weighted by Crippen LogP contribution is -2.35. The number of nitrogens with one attached hydrogen (secondary N) is 1. The molecule has 0 fully saturated rings. The molecule has 0 radical (unpaired) electrons. The third-order valence-corrected chi connectivity index (χ3v) is 3.19. The van der Waals surface area contributed by atoms with Crippen LogP contribution in [0.15, 0.2) is 60.7 Å². The number of hydrogen-bond donors (Lipinski definition) is 1. The quantitative estimate of drug-likeness (QED) is 0.869. The second kappa shape index (κ2) is 6.74. The van der Waals surface area contributed by atoms with Crippen LogP contribution in [0.4, 0.5) is 0 Å². The molecule has 19 heavy (non-hydrogen) atoms. The summed E-state index contributed by atoms with van der Waals surface area (Å²) in [6.45, 7) is 2.10. The average Bonchev–Trinajstić information content (AvgIpc) is 2.48. The van der Waals surface area contributed by atoms with E-state index in [1.807, 2.05) is 48.5 Å². The topological polar surface area (TPSA) is 29.1 Å². The van der Waals surface area contributed by atoms with Crippen LogP contribution in [0.3, 0.4) is 0 Å². The van der Waals surface area contributed by atoms with Gasteiger partial charge in [-0.15, -0.1) is 0 Å². The Hall–Kier alpha value is -2.09. The molecule has 0 saturated carbocycles. The number of rotatable bonds is 5. The van der Waals surface area contributed by atoms with E-state index in [1.165, 1.54) is 5.56 Å². The normalized spacial score (nSPS) is 11.8. The molecule has 0 bridgehead atoms. The summed E-state index contributed by atoms with van der Waals surface area (Å²) < 4.78 is 0. The summed E-state index contributed by atoms with van der Waals surface area (Å²) in [5, 5.41) is 3.09. The summed E-state index contributed by atoms with van der Waals surface area (Å²) in [4.78, 5) is 12.1. The van der Waals surface area contributed by atoms with Crippen LogP contribution in [0.2, 0.25) is 0 Å². The molecule has 0 aromatic heterocycles. The van der Waals surface area contributed by atoms with E-state index in [4.69, 9.17) is 0 Å². The van der Waals surface area contributed by atoms with Crippen LogP contribution in [0, 0.1) is 0 Å². The first-order valence-corrected chi connectivity index (χ1v) is 6.69. The molecule has 1 amide bonds.